The van der Waals surface area contributed by atoms with Crippen LogP contribution in [0, 0.1) is 6.92 Å². The van der Waals surface area contributed by atoms with E-state index in [0.717, 1.165) is 6.54 Å². The molecule has 3 heteroatoms. The van der Waals surface area contributed by atoms with Crippen molar-refractivity contribution in [3.05, 3.63) is 21.9 Å². The van der Waals surface area contributed by atoms with Crippen LogP contribution in [0.25, 0.3) is 0 Å². The SMILES string of the molecule is CCNC(c1sccc1C)C(C)(C)OC. The number of rotatable bonds is 5. The normalized spacial score (nSPS) is 14.2. The predicted molar refractivity (Wildman–Crippen MR) is 66.6 cm³/mol. The van der Waals surface area contributed by atoms with Crippen molar-refractivity contribution in [2.24, 2.45) is 0 Å². The number of likely N-dealkylation sites (N-methyl/N-ethyl adjacent to an activating group) is 1. The molecule has 0 aliphatic carbocycles. The molecule has 86 valence electrons. The lowest BCUT2D eigenvalue weighted by Crippen LogP contribution is -2.40. The lowest BCUT2D eigenvalue weighted by atomic mass is 9.95. The van der Waals surface area contributed by atoms with E-state index in [2.05, 4.69) is 44.5 Å². The van der Waals surface area contributed by atoms with Crippen LogP contribution in [0.3, 0.4) is 0 Å². The monoisotopic (exact) mass is 227 g/mol. The van der Waals surface area contributed by atoms with Crippen LogP contribution in [0.4, 0.5) is 0 Å². The second-order valence-corrected chi connectivity index (χ2v) is 5.21. The Kier molecular flexibility index (Phi) is 4.32. The third-order valence-electron chi connectivity index (χ3n) is 2.79. The van der Waals surface area contributed by atoms with Crippen molar-refractivity contribution in [1.29, 1.82) is 0 Å². The second-order valence-electron chi connectivity index (χ2n) is 4.27. The molecule has 0 saturated carbocycles. The molecule has 1 unspecified atom stereocenters. The Hall–Kier alpha value is -0.380. The van der Waals surface area contributed by atoms with E-state index in [0.29, 0.717) is 0 Å². The number of methoxy groups -OCH3 is 1. The number of hydrogen-bond donors (Lipinski definition) is 1. The molecule has 1 N–H and O–H groups in total. The van der Waals surface area contributed by atoms with E-state index >= 15 is 0 Å². The second kappa shape index (κ2) is 5.10. The van der Waals surface area contributed by atoms with Gasteiger partial charge >= 0.3 is 0 Å². The van der Waals surface area contributed by atoms with Gasteiger partial charge in [-0.05, 0) is 44.3 Å². The van der Waals surface area contributed by atoms with E-state index in [4.69, 9.17) is 4.74 Å². The van der Waals surface area contributed by atoms with Crippen LogP contribution >= 0.6 is 11.3 Å². The predicted octanol–water partition coefficient (Wildman–Crippen LogP) is 3.13. The summed E-state index contributed by atoms with van der Waals surface area (Å²) < 4.78 is 5.58. The quantitative estimate of drug-likeness (QED) is 0.834. The zero-order valence-electron chi connectivity index (χ0n) is 10.3. The summed E-state index contributed by atoms with van der Waals surface area (Å²) in [5.74, 6) is 0. The number of ether oxygens (including phenoxy) is 1. The fourth-order valence-corrected chi connectivity index (χ4v) is 2.83. The fourth-order valence-electron chi connectivity index (χ4n) is 1.66. The van der Waals surface area contributed by atoms with Crippen molar-refractivity contribution in [3.8, 4) is 0 Å². The minimum atomic E-state index is -0.175. The van der Waals surface area contributed by atoms with Gasteiger partial charge in [0.05, 0.1) is 11.6 Å². The molecule has 0 saturated heterocycles. The van der Waals surface area contributed by atoms with Gasteiger partial charge in [0, 0.05) is 12.0 Å². The van der Waals surface area contributed by atoms with Crippen LogP contribution < -0.4 is 5.32 Å². The molecule has 1 atom stereocenters. The van der Waals surface area contributed by atoms with Crippen LogP contribution in [-0.2, 0) is 4.74 Å². The van der Waals surface area contributed by atoms with Gasteiger partial charge in [-0.15, -0.1) is 11.3 Å². The summed E-state index contributed by atoms with van der Waals surface area (Å²) in [4.78, 5) is 1.38. The van der Waals surface area contributed by atoms with Gasteiger partial charge in [0.25, 0.3) is 0 Å². The number of hydrogen-bond acceptors (Lipinski definition) is 3. The van der Waals surface area contributed by atoms with E-state index < -0.39 is 0 Å². The van der Waals surface area contributed by atoms with Crippen molar-refractivity contribution in [1.82, 2.24) is 5.32 Å². The molecule has 2 nitrogen and oxygen atoms in total. The Balaban J connectivity index is 2.98. The Morgan fingerprint density at radius 2 is 2.20 bits per heavy atom. The van der Waals surface area contributed by atoms with Gasteiger partial charge < -0.3 is 10.1 Å². The van der Waals surface area contributed by atoms with Crippen LogP contribution in [-0.4, -0.2) is 19.3 Å². The highest BCUT2D eigenvalue weighted by atomic mass is 32.1. The molecule has 0 amide bonds. The van der Waals surface area contributed by atoms with Gasteiger partial charge in [0.1, 0.15) is 0 Å². The third kappa shape index (κ3) is 2.80. The van der Waals surface area contributed by atoms with Crippen molar-refractivity contribution in [3.63, 3.8) is 0 Å². The average Bonchev–Trinajstić information content (AvgIpc) is 2.60. The van der Waals surface area contributed by atoms with Crippen LogP contribution in [0.15, 0.2) is 11.4 Å². The van der Waals surface area contributed by atoms with E-state index in [1.54, 1.807) is 18.4 Å². The number of aryl methyl sites for hydroxylation is 1. The molecule has 15 heavy (non-hydrogen) atoms. The minimum Gasteiger partial charge on any atom is -0.377 e. The van der Waals surface area contributed by atoms with E-state index in [-0.39, 0.29) is 11.6 Å². The number of thiophene rings is 1. The summed E-state index contributed by atoms with van der Waals surface area (Å²) in [6.45, 7) is 9.48. The smallest absolute Gasteiger partial charge is 0.0824 e. The first kappa shape index (κ1) is 12.7. The molecule has 0 spiro atoms. The van der Waals surface area contributed by atoms with Gasteiger partial charge in [0.15, 0.2) is 0 Å². The van der Waals surface area contributed by atoms with Gasteiger partial charge in [-0.3, -0.25) is 0 Å². The summed E-state index contributed by atoms with van der Waals surface area (Å²) >= 11 is 1.80. The Bertz CT molecular complexity index is 306. The first-order chi connectivity index (χ1) is 7.03. The van der Waals surface area contributed by atoms with Crippen LogP contribution in [0.5, 0.6) is 0 Å². The molecule has 0 aliphatic rings. The number of nitrogens with one attached hydrogen (secondary N) is 1. The van der Waals surface area contributed by atoms with Gasteiger partial charge in [0.2, 0.25) is 0 Å². The summed E-state index contributed by atoms with van der Waals surface area (Å²) in [6, 6.07) is 2.43. The third-order valence-corrected chi connectivity index (χ3v) is 3.88. The van der Waals surface area contributed by atoms with E-state index in [1.165, 1.54) is 10.4 Å². The molecule has 0 fully saturated rings. The molecule has 0 aliphatic heterocycles. The van der Waals surface area contributed by atoms with Crippen molar-refractivity contribution in [2.45, 2.75) is 39.3 Å². The molecule has 0 radical (unpaired) electrons. The highest BCUT2D eigenvalue weighted by Gasteiger charge is 2.31. The molecular weight excluding hydrogens is 206 g/mol. The molecule has 0 aromatic carbocycles. The minimum absolute atomic E-state index is 0.175. The van der Waals surface area contributed by atoms with Crippen molar-refractivity contribution in [2.75, 3.05) is 13.7 Å². The first-order valence-electron chi connectivity index (χ1n) is 5.35. The maximum atomic E-state index is 5.58. The van der Waals surface area contributed by atoms with Crippen molar-refractivity contribution < 1.29 is 4.74 Å². The highest BCUT2D eigenvalue weighted by molar-refractivity contribution is 7.10. The van der Waals surface area contributed by atoms with Crippen molar-refractivity contribution >= 4 is 11.3 Å². The zero-order chi connectivity index (χ0) is 11.5. The largest absolute Gasteiger partial charge is 0.377 e. The molecule has 1 aromatic rings. The maximum absolute atomic E-state index is 5.58. The lowest BCUT2D eigenvalue weighted by molar-refractivity contribution is -0.00981. The Labute approximate surface area is 96.7 Å². The van der Waals surface area contributed by atoms with E-state index in [1.807, 2.05) is 0 Å². The zero-order valence-corrected chi connectivity index (χ0v) is 11.1. The maximum Gasteiger partial charge on any atom is 0.0824 e. The van der Waals surface area contributed by atoms with Gasteiger partial charge in [-0.1, -0.05) is 6.92 Å². The summed E-state index contributed by atoms with van der Waals surface area (Å²) in [7, 11) is 1.77. The van der Waals surface area contributed by atoms with Crippen LogP contribution in [0.2, 0.25) is 0 Å². The fraction of sp³-hybridized carbons (Fsp3) is 0.667. The summed E-state index contributed by atoms with van der Waals surface area (Å²) in [5.41, 5.74) is 1.17. The molecule has 0 bridgehead atoms. The molecule has 1 heterocycles. The standard InChI is InChI=1S/C12H21NOS/c1-6-13-11(12(3,4)14-5)10-9(2)7-8-15-10/h7-8,11,13H,6H2,1-5H3. The average molecular weight is 227 g/mol. The summed E-state index contributed by atoms with van der Waals surface area (Å²) in [5, 5.41) is 5.64. The molecule has 1 rings (SSSR count). The van der Waals surface area contributed by atoms with E-state index in [9.17, 15) is 0 Å². The first-order valence-corrected chi connectivity index (χ1v) is 6.23. The van der Waals surface area contributed by atoms with Crippen LogP contribution in [0.1, 0.15) is 37.3 Å². The highest BCUT2D eigenvalue weighted by Crippen LogP contribution is 2.33. The summed E-state index contributed by atoms with van der Waals surface area (Å²) in [6.07, 6.45) is 0. The Morgan fingerprint density at radius 1 is 1.53 bits per heavy atom. The topological polar surface area (TPSA) is 21.3 Å². The van der Waals surface area contributed by atoms with Gasteiger partial charge in [-0.2, -0.15) is 0 Å². The molecular formula is C12H21NOS. The van der Waals surface area contributed by atoms with Gasteiger partial charge in [-0.25, -0.2) is 0 Å². The Morgan fingerprint density at radius 3 is 2.60 bits per heavy atom. The molecule has 1 aromatic heterocycles. The lowest BCUT2D eigenvalue weighted by Gasteiger charge is -2.33.